The fourth-order valence-electron chi connectivity index (χ4n) is 0.818. The van der Waals surface area contributed by atoms with E-state index < -0.39 is 24.6 Å². The topological polar surface area (TPSA) is 124 Å². The average Bonchev–Trinajstić information content (AvgIpc) is 2.18. The summed E-state index contributed by atoms with van der Waals surface area (Å²) in [5, 5.41) is 12.6. The third kappa shape index (κ3) is 6.93. The van der Waals surface area contributed by atoms with Crippen LogP contribution >= 0.6 is 0 Å². The summed E-state index contributed by atoms with van der Waals surface area (Å²) in [7, 11) is 2.85. The Hall–Kier alpha value is -1.44. The maximum absolute atomic E-state index is 11.2. The Morgan fingerprint density at radius 1 is 1.38 bits per heavy atom. The highest BCUT2D eigenvalue weighted by Gasteiger charge is 2.10. The minimum atomic E-state index is -1.34. The number of carboxylic acid groups (broad SMARTS) is 1. The van der Waals surface area contributed by atoms with Crippen molar-refractivity contribution in [2.75, 3.05) is 20.8 Å². The monoisotopic (exact) mass is 234 g/mol. The summed E-state index contributed by atoms with van der Waals surface area (Å²) in [6.45, 7) is 3.43. The Morgan fingerprint density at radius 3 is 2.25 bits per heavy atom. The molecule has 5 N–H and O–H groups in total. The standard InChI is InChI=1S/C9H15NO5.H3N/c1-6(4-7(11)12)9(13)10-5-8(14-2)15-3;/h8H,1,4-5H2,2-3H3,(H,10,13)(H,11,12);1H3. The lowest BCUT2D eigenvalue weighted by Crippen LogP contribution is -2.36. The molecule has 7 nitrogen and oxygen atoms in total. The smallest absolute Gasteiger partial charge is 0.247 e. The highest BCUT2D eigenvalue weighted by molar-refractivity contribution is 5.96. The molecule has 0 atom stereocenters. The molecule has 0 spiro atoms. The van der Waals surface area contributed by atoms with Gasteiger partial charge in [0.15, 0.2) is 6.29 Å². The van der Waals surface area contributed by atoms with Gasteiger partial charge in [-0.05, 0) is 0 Å². The molecule has 0 saturated carbocycles. The summed E-state index contributed by atoms with van der Waals surface area (Å²) in [5.41, 5.74) is -0.0686. The zero-order valence-corrected chi connectivity index (χ0v) is 9.74. The van der Waals surface area contributed by atoms with Gasteiger partial charge in [-0.3, -0.25) is 4.79 Å². The Bertz CT molecular complexity index is 250. The third-order valence-corrected chi connectivity index (χ3v) is 1.63. The van der Waals surface area contributed by atoms with Crippen LogP contribution in [0.2, 0.25) is 0 Å². The van der Waals surface area contributed by atoms with Gasteiger partial charge in [0, 0.05) is 32.2 Å². The fraction of sp³-hybridized carbons (Fsp3) is 0.556. The molecule has 0 fully saturated rings. The molecule has 0 unspecified atom stereocenters. The Labute approximate surface area is 94.0 Å². The molecule has 1 amide bonds. The molecule has 7 heteroatoms. The first-order chi connectivity index (χ1) is 7.01. The summed E-state index contributed by atoms with van der Waals surface area (Å²) in [4.78, 5) is 21.4. The number of hydrogen-bond acceptors (Lipinski definition) is 5. The van der Waals surface area contributed by atoms with Gasteiger partial charge in [0.1, 0.15) is 0 Å². The van der Waals surface area contributed by atoms with Crippen molar-refractivity contribution in [1.29, 1.82) is 0 Å². The Balaban J connectivity index is 0. The first-order valence-electron chi connectivity index (χ1n) is 4.22. The van der Waals surface area contributed by atoms with E-state index in [4.69, 9.17) is 9.47 Å². The minimum Gasteiger partial charge on any atom is -0.550 e. The van der Waals surface area contributed by atoms with Crippen molar-refractivity contribution in [3.63, 3.8) is 0 Å². The zero-order chi connectivity index (χ0) is 11.8. The van der Waals surface area contributed by atoms with E-state index in [1.54, 1.807) is 0 Å². The van der Waals surface area contributed by atoms with Crippen LogP contribution < -0.4 is 16.6 Å². The second-order valence-electron chi connectivity index (χ2n) is 2.76. The number of nitrogens with one attached hydrogen (secondary N) is 1. The van der Waals surface area contributed by atoms with Gasteiger partial charge in [-0.25, -0.2) is 0 Å². The van der Waals surface area contributed by atoms with Crippen LogP contribution in [0.1, 0.15) is 6.42 Å². The van der Waals surface area contributed by atoms with Crippen LogP contribution in [0.3, 0.4) is 0 Å². The molecule has 0 bridgehead atoms. The molecule has 0 heterocycles. The second kappa shape index (κ2) is 8.84. The summed E-state index contributed by atoms with van der Waals surface area (Å²) < 4.78 is 9.63. The molecule has 16 heavy (non-hydrogen) atoms. The van der Waals surface area contributed by atoms with E-state index in [1.807, 2.05) is 0 Å². The fourth-order valence-corrected chi connectivity index (χ4v) is 0.818. The minimum absolute atomic E-state index is 0. The van der Waals surface area contributed by atoms with E-state index >= 15 is 0 Å². The van der Waals surface area contributed by atoms with Crippen molar-refractivity contribution in [3.05, 3.63) is 12.2 Å². The van der Waals surface area contributed by atoms with E-state index in [0.29, 0.717) is 0 Å². The number of amides is 1. The molecule has 0 aliphatic carbocycles. The number of carbonyl (C=O) groups excluding carboxylic acids is 2. The second-order valence-corrected chi connectivity index (χ2v) is 2.76. The molecule has 0 aromatic heterocycles. The highest BCUT2D eigenvalue weighted by atomic mass is 16.7. The Kier molecular flexibility index (Phi) is 9.37. The number of carboxylic acids is 1. The summed E-state index contributed by atoms with van der Waals surface area (Å²) in [5.74, 6) is -1.90. The van der Waals surface area contributed by atoms with Crippen LogP contribution in [0.4, 0.5) is 0 Å². The quantitative estimate of drug-likeness (QED) is 0.422. The molecule has 0 saturated heterocycles. The third-order valence-electron chi connectivity index (χ3n) is 1.63. The lowest BCUT2D eigenvalue weighted by atomic mass is 10.2. The van der Waals surface area contributed by atoms with Crippen LogP contribution in [0.5, 0.6) is 0 Å². The lowest BCUT2D eigenvalue weighted by molar-refractivity contribution is -0.304. The zero-order valence-electron chi connectivity index (χ0n) is 9.74. The molecule has 94 valence electrons. The summed E-state index contributed by atoms with van der Waals surface area (Å²) in [6, 6.07) is 0. The highest BCUT2D eigenvalue weighted by Crippen LogP contribution is 1.97. The van der Waals surface area contributed by atoms with Gasteiger partial charge in [-0.2, -0.15) is 0 Å². The van der Waals surface area contributed by atoms with E-state index in [2.05, 4.69) is 11.9 Å². The molecule has 0 aromatic carbocycles. The number of carbonyl (C=O) groups is 2. The average molecular weight is 234 g/mol. The van der Waals surface area contributed by atoms with Gasteiger partial charge in [-0.15, -0.1) is 0 Å². The largest absolute Gasteiger partial charge is 0.550 e. The summed E-state index contributed by atoms with van der Waals surface area (Å²) >= 11 is 0. The van der Waals surface area contributed by atoms with Crippen LogP contribution in [-0.4, -0.2) is 38.9 Å². The van der Waals surface area contributed by atoms with Crippen molar-refractivity contribution in [2.45, 2.75) is 12.7 Å². The van der Waals surface area contributed by atoms with Gasteiger partial charge < -0.3 is 30.8 Å². The first-order valence-corrected chi connectivity index (χ1v) is 4.22. The molecule has 0 rings (SSSR count). The van der Waals surface area contributed by atoms with Crippen LogP contribution in [0, 0.1) is 0 Å². The normalized spacial score (nSPS) is 9.44. The first kappa shape index (κ1) is 17.0. The van der Waals surface area contributed by atoms with E-state index in [0.717, 1.165) is 0 Å². The number of rotatable bonds is 7. The molecular formula is C9H18N2O5. The number of aliphatic carboxylic acids is 1. The maximum atomic E-state index is 11.2. The molecular weight excluding hydrogens is 216 g/mol. The van der Waals surface area contributed by atoms with Crippen LogP contribution in [0.25, 0.3) is 0 Å². The van der Waals surface area contributed by atoms with Crippen LogP contribution in [0.15, 0.2) is 12.2 Å². The predicted octanol–water partition coefficient (Wildman–Crippen LogP) is -1.21. The van der Waals surface area contributed by atoms with Gasteiger partial charge in [0.2, 0.25) is 5.91 Å². The molecule has 0 aliphatic rings. The summed E-state index contributed by atoms with van der Waals surface area (Å²) in [6.07, 6.45) is -1.05. The number of hydrogen-bond donors (Lipinski definition) is 2. The predicted molar refractivity (Wildman–Crippen MR) is 55.6 cm³/mol. The Morgan fingerprint density at radius 2 is 1.88 bits per heavy atom. The van der Waals surface area contributed by atoms with Crippen molar-refractivity contribution in [3.8, 4) is 0 Å². The van der Waals surface area contributed by atoms with Crippen molar-refractivity contribution in [1.82, 2.24) is 11.5 Å². The lowest BCUT2D eigenvalue weighted by Gasteiger charge is -2.14. The van der Waals surface area contributed by atoms with E-state index in [9.17, 15) is 14.7 Å². The van der Waals surface area contributed by atoms with Crippen molar-refractivity contribution < 1.29 is 24.2 Å². The van der Waals surface area contributed by atoms with Crippen molar-refractivity contribution >= 4 is 11.9 Å². The van der Waals surface area contributed by atoms with Gasteiger partial charge in [-0.1, -0.05) is 6.58 Å². The van der Waals surface area contributed by atoms with Gasteiger partial charge >= 0.3 is 0 Å². The molecule has 0 radical (unpaired) electrons. The number of ether oxygens (including phenoxy) is 2. The van der Waals surface area contributed by atoms with E-state index in [1.165, 1.54) is 14.2 Å². The van der Waals surface area contributed by atoms with Crippen LogP contribution in [-0.2, 0) is 19.1 Å². The molecule has 0 aliphatic heterocycles. The number of quaternary nitrogens is 1. The number of methoxy groups -OCH3 is 2. The maximum Gasteiger partial charge on any atom is 0.247 e. The van der Waals surface area contributed by atoms with Gasteiger partial charge in [0.25, 0.3) is 0 Å². The molecule has 0 aromatic rings. The SMILES string of the molecule is C=C(CC(=O)[O-])C(=O)NCC(OC)OC.[NH4+]. The van der Waals surface area contributed by atoms with Crippen molar-refractivity contribution in [2.24, 2.45) is 0 Å². The van der Waals surface area contributed by atoms with E-state index in [-0.39, 0.29) is 18.3 Å². The van der Waals surface area contributed by atoms with Gasteiger partial charge in [0.05, 0.1) is 6.54 Å².